The molecule has 2 heteroatoms. The van der Waals surface area contributed by atoms with E-state index in [2.05, 4.69) is 22.7 Å². The monoisotopic (exact) mass is 136 g/mol. The molecule has 0 aliphatic carbocycles. The summed E-state index contributed by atoms with van der Waals surface area (Å²) < 4.78 is 2.25. The molecule has 2 nitrogen and oxygen atoms in total. The fourth-order valence-corrected chi connectivity index (χ4v) is 1.51. The summed E-state index contributed by atoms with van der Waals surface area (Å²) in [5.41, 5.74) is 0. The van der Waals surface area contributed by atoms with E-state index in [1.807, 2.05) is 6.20 Å². The third-order valence-electron chi connectivity index (χ3n) is 2.20. The number of rotatable bonds is 0. The van der Waals surface area contributed by atoms with Crippen LogP contribution in [0.2, 0.25) is 0 Å². The van der Waals surface area contributed by atoms with Gasteiger partial charge in [-0.1, -0.05) is 6.92 Å². The Morgan fingerprint density at radius 2 is 2.60 bits per heavy atom. The van der Waals surface area contributed by atoms with Gasteiger partial charge in [0, 0.05) is 25.4 Å². The molecule has 0 saturated heterocycles. The molecule has 0 N–H and O–H groups in total. The summed E-state index contributed by atoms with van der Waals surface area (Å²) in [6.07, 6.45) is 6.44. The van der Waals surface area contributed by atoms with Crippen molar-refractivity contribution in [3.63, 3.8) is 0 Å². The second kappa shape index (κ2) is 2.11. The van der Waals surface area contributed by atoms with E-state index in [1.54, 1.807) is 0 Å². The molecule has 1 aromatic heterocycles. The van der Waals surface area contributed by atoms with Crippen LogP contribution in [-0.2, 0) is 13.0 Å². The van der Waals surface area contributed by atoms with Gasteiger partial charge in [-0.2, -0.15) is 0 Å². The van der Waals surface area contributed by atoms with Crippen molar-refractivity contribution in [2.75, 3.05) is 0 Å². The molecule has 2 rings (SSSR count). The minimum absolute atomic E-state index is 0.829. The molecule has 0 spiro atoms. The van der Waals surface area contributed by atoms with Gasteiger partial charge in [0.2, 0.25) is 0 Å². The SMILES string of the molecule is C[C@@H]1CCn2ccnc2C1. The molecule has 2 heterocycles. The molecule has 0 fully saturated rings. The van der Waals surface area contributed by atoms with Gasteiger partial charge < -0.3 is 4.57 Å². The van der Waals surface area contributed by atoms with Crippen molar-refractivity contribution < 1.29 is 0 Å². The fourth-order valence-electron chi connectivity index (χ4n) is 1.51. The van der Waals surface area contributed by atoms with E-state index in [4.69, 9.17) is 0 Å². The molecule has 54 valence electrons. The lowest BCUT2D eigenvalue weighted by atomic mass is 10.0. The fraction of sp³-hybridized carbons (Fsp3) is 0.625. The molecular formula is C8H12N2. The summed E-state index contributed by atoms with van der Waals surface area (Å²) in [6.45, 7) is 3.45. The van der Waals surface area contributed by atoms with Crippen molar-refractivity contribution in [2.45, 2.75) is 26.3 Å². The molecule has 0 unspecified atom stereocenters. The normalized spacial score (nSPS) is 24.3. The van der Waals surface area contributed by atoms with E-state index < -0.39 is 0 Å². The maximum absolute atomic E-state index is 4.27. The molecule has 1 aliphatic rings. The zero-order valence-electron chi connectivity index (χ0n) is 6.25. The Kier molecular flexibility index (Phi) is 1.26. The minimum atomic E-state index is 0.829. The highest BCUT2D eigenvalue weighted by atomic mass is 15.1. The third-order valence-corrected chi connectivity index (χ3v) is 2.20. The maximum atomic E-state index is 4.27. The first-order chi connectivity index (χ1) is 4.86. The van der Waals surface area contributed by atoms with Crippen molar-refractivity contribution in [1.29, 1.82) is 0 Å². The van der Waals surface area contributed by atoms with Gasteiger partial charge in [-0.05, 0) is 12.3 Å². The van der Waals surface area contributed by atoms with Crippen molar-refractivity contribution >= 4 is 0 Å². The highest BCUT2D eigenvalue weighted by molar-refractivity contribution is 4.96. The van der Waals surface area contributed by atoms with Gasteiger partial charge in [0.25, 0.3) is 0 Å². The van der Waals surface area contributed by atoms with Gasteiger partial charge in [-0.15, -0.1) is 0 Å². The zero-order valence-corrected chi connectivity index (χ0v) is 6.25. The molecule has 10 heavy (non-hydrogen) atoms. The highest BCUT2D eigenvalue weighted by Gasteiger charge is 2.13. The van der Waals surface area contributed by atoms with E-state index >= 15 is 0 Å². The van der Waals surface area contributed by atoms with Crippen molar-refractivity contribution in [3.05, 3.63) is 18.2 Å². The summed E-state index contributed by atoms with van der Waals surface area (Å²) in [7, 11) is 0. The first kappa shape index (κ1) is 5.96. The standard InChI is InChI=1S/C8H12N2/c1-7-2-4-10-5-3-9-8(10)6-7/h3,5,7H,2,4,6H2,1H3/t7-/m1/s1. The first-order valence-electron chi connectivity index (χ1n) is 3.86. The molecule has 1 aliphatic heterocycles. The summed E-state index contributed by atoms with van der Waals surface area (Å²) in [6, 6.07) is 0. The molecule has 0 bridgehead atoms. The van der Waals surface area contributed by atoms with E-state index in [0.29, 0.717) is 0 Å². The van der Waals surface area contributed by atoms with Gasteiger partial charge >= 0.3 is 0 Å². The molecule has 0 radical (unpaired) electrons. The quantitative estimate of drug-likeness (QED) is 0.528. The molecule has 0 saturated carbocycles. The Morgan fingerprint density at radius 3 is 3.50 bits per heavy atom. The molecule has 1 atom stereocenters. The zero-order chi connectivity index (χ0) is 6.97. The van der Waals surface area contributed by atoms with Crippen molar-refractivity contribution in [2.24, 2.45) is 5.92 Å². The van der Waals surface area contributed by atoms with Crippen LogP contribution >= 0.6 is 0 Å². The van der Waals surface area contributed by atoms with Crippen LogP contribution in [0.4, 0.5) is 0 Å². The highest BCUT2D eigenvalue weighted by Crippen LogP contribution is 2.17. The predicted molar refractivity (Wildman–Crippen MR) is 39.7 cm³/mol. The van der Waals surface area contributed by atoms with E-state index in [1.165, 1.54) is 12.2 Å². The Labute approximate surface area is 60.9 Å². The number of hydrogen-bond acceptors (Lipinski definition) is 1. The Bertz CT molecular complexity index is 227. The van der Waals surface area contributed by atoms with Gasteiger partial charge in [0.1, 0.15) is 5.82 Å². The van der Waals surface area contributed by atoms with Crippen LogP contribution in [0.3, 0.4) is 0 Å². The summed E-state index contributed by atoms with van der Waals surface area (Å²) >= 11 is 0. The molecule has 0 aromatic carbocycles. The van der Waals surface area contributed by atoms with Crippen LogP contribution < -0.4 is 0 Å². The molecule has 0 amide bonds. The van der Waals surface area contributed by atoms with Crippen molar-refractivity contribution in [1.82, 2.24) is 9.55 Å². The van der Waals surface area contributed by atoms with Gasteiger partial charge in [-0.3, -0.25) is 0 Å². The maximum Gasteiger partial charge on any atom is 0.108 e. The van der Waals surface area contributed by atoms with Crippen LogP contribution in [-0.4, -0.2) is 9.55 Å². The Balaban J connectivity index is 2.30. The van der Waals surface area contributed by atoms with E-state index in [0.717, 1.165) is 18.9 Å². The largest absolute Gasteiger partial charge is 0.335 e. The number of aromatic nitrogens is 2. The number of imidazole rings is 1. The van der Waals surface area contributed by atoms with Crippen LogP contribution in [0.5, 0.6) is 0 Å². The van der Waals surface area contributed by atoms with Crippen LogP contribution in [0.15, 0.2) is 12.4 Å². The number of aryl methyl sites for hydroxylation is 1. The number of hydrogen-bond donors (Lipinski definition) is 0. The van der Waals surface area contributed by atoms with E-state index in [-0.39, 0.29) is 0 Å². The summed E-state index contributed by atoms with van der Waals surface area (Å²) in [4.78, 5) is 4.27. The lowest BCUT2D eigenvalue weighted by molar-refractivity contribution is 0.409. The molecular weight excluding hydrogens is 124 g/mol. The second-order valence-corrected chi connectivity index (χ2v) is 3.13. The van der Waals surface area contributed by atoms with Gasteiger partial charge in [0.05, 0.1) is 0 Å². The van der Waals surface area contributed by atoms with Crippen LogP contribution in [0, 0.1) is 5.92 Å². The lowest BCUT2D eigenvalue weighted by Crippen LogP contribution is -2.16. The molecule has 1 aromatic rings. The number of fused-ring (bicyclic) bond motifs is 1. The topological polar surface area (TPSA) is 17.8 Å². The Morgan fingerprint density at radius 1 is 1.70 bits per heavy atom. The smallest absolute Gasteiger partial charge is 0.108 e. The Hall–Kier alpha value is -0.790. The van der Waals surface area contributed by atoms with E-state index in [9.17, 15) is 0 Å². The summed E-state index contributed by atoms with van der Waals surface area (Å²) in [5.74, 6) is 2.09. The average molecular weight is 136 g/mol. The lowest BCUT2D eigenvalue weighted by Gasteiger charge is -2.19. The third kappa shape index (κ3) is 0.838. The van der Waals surface area contributed by atoms with Crippen LogP contribution in [0.1, 0.15) is 19.2 Å². The minimum Gasteiger partial charge on any atom is -0.335 e. The van der Waals surface area contributed by atoms with Crippen molar-refractivity contribution in [3.8, 4) is 0 Å². The first-order valence-corrected chi connectivity index (χ1v) is 3.86. The summed E-state index contributed by atoms with van der Waals surface area (Å²) in [5, 5.41) is 0. The number of nitrogens with zero attached hydrogens (tertiary/aromatic N) is 2. The van der Waals surface area contributed by atoms with Gasteiger partial charge in [0.15, 0.2) is 0 Å². The van der Waals surface area contributed by atoms with Crippen LogP contribution in [0.25, 0.3) is 0 Å². The second-order valence-electron chi connectivity index (χ2n) is 3.13. The average Bonchev–Trinajstić information content (AvgIpc) is 2.33. The van der Waals surface area contributed by atoms with Gasteiger partial charge in [-0.25, -0.2) is 4.98 Å². The predicted octanol–water partition coefficient (Wildman–Crippen LogP) is 1.47.